The maximum absolute atomic E-state index is 4.36. The molecule has 2 aromatic heterocycles. The Labute approximate surface area is 135 Å². The number of nitrogens with one attached hydrogen (secondary N) is 2. The number of aryl methyl sites for hydroxylation is 1. The van der Waals surface area contributed by atoms with Gasteiger partial charge in [0, 0.05) is 26.0 Å². The topological polar surface area (TPSA) is 53.6 Å². The van der Waals surface area contributed by atoms with Crippen molar-refractivity contribution >= 4 is 33.0 Å². The van der Waals surface area contributed by atoms with Crippen LogP contribution in [0, 0.1) is 6.92 Å². The quantitative estimate of drug-likeness (QED) is 0.702. The molecule has 21 heavy (non-hydrogen) atoms. The highest BCUT2D eigenvalue weighted by molar-refractivity contribution is 9.10. The largest absolute Gasteiger partial charge is 0.378 e. The van der Waals surface area contributed by atoms with Crippen molar-refractivity contribution in [3.63, 3.8) is 0 Å². The minimum absolute atomic E-state index is 0.255. The summed E-state index contributed by atoms with van der Waals surface area (Å²) in [6.07, 6.45) is 0. The van der Waals surface area contributed by atoms with Gasteiger partial charge in [-0.05, 0) is 48.0 Å². The molecule has 1 atom stereocenters. The molecule has 0 aliphatic rings. The van der Waals surface area contributed by atoms with Crippen LogP contribution in [0.15, 0.2) is 40.2 Å². The van der Waals surface area contributed by atoms with Crippen molar-refractivity contribution in [2.24, 2.45) is 0 Å². The molecule has 3 aromatic rings. The van der Waals surface area contributed by atoms with Gasteiger partial charge in [0.2, 0.25) is 0 Å². The third-order valence-electron chi connectivity index (χ3n) is 3.12. The van der Waals surface area contributed by atoms with Gasteiger partial charge in [0.05, 0.1) is 6.04 Å². The van der Waals surface area contributed by atoms with Crippen LogP contribution in [-0.2, 0) is 0 Å². The molecule has 6 heteroatoms. The molecule has 0 bridgehead atoms. The second-order valence-electron chi connectivity index (χ2n) is 4.86. The third-order valence-corrected chi connectivity index (χ3v) is 4.99. The number of aromatic nitrogens is 3. The normalized spacial score (nSPS) is 12.3. The number of hydrogen-bond acceptors (Lipinski definition) is 4. The van der Waals surface area contributed by atoms with E-state index in [0.717, 1.165) is 27.4 Å². The fraction of sp³-hybridized carbons (Fsp3) is 0.200. The molecule has 0 saturated heterocycles. The fourth-order valence-electron chi connectivity index (χ4n) is 2.10. The van der Waals surface area contributed by atoms with E-state index in [-0.39, 0.29) is 6.04 Å². The number of anilines is 1. The summed E-state index contributed by atoms with van der Waals surface area (Å²) in [7, 11) is 0. The molecule has 0 radical (unpaired) electrons. The Morgan fingerprint density at radius 1 is 1.33 bits per heavy atom. The number of hydrogen-bond donors (Lipinski definition) is 2. The summed E-state index contributed by atoms with van der Waals surface area (Å²) in [6, 6.07) is 10.6. The lowest BCUT2D eigenvalue weighted by Crippen LogP contribution is -2.04. The molecule has 0 aliphatic heterocycles. The number of aromatic amines is 1. The van der Waals surface area contributed by atoms with Crippen LogP contribution in [0.25, 0.3) is 11.4 Å². The van der Waals surface area contributed by atoms with E-state index in [0.29, 0.717) is 0 Å². The highest BCUT2D eigenvalue weighted by Gasteiger charge is 2.09. The van der Waals surface area contributed by atoms with Crippen LogP contribution in [0.4, 0.5) is 5.69 Å². The first kappa shape index (κ1) is 14.3. The smallest absolute Gasteiger partial charge is 0.181 e. The zero-order valence-corrected chi connectivity index (χ0v) is 14.1. The highest BCUT2D eigenvalue weighted by atomic mass is 79.9. The number of benzene rings is 1. The lowest BCUT2D eigenvalue weighted by Gasteiger charge is -2.14. The van der Waals surface area contributed by atoms with Crippen LogP contribution < -0.4 is 5.32 Å². The SMILES string of the molecule is Cc1nc(-c2cccc(NC(C)c3cc(Br)cs3)c2)n[nH]1. The zero-order valence-electron chi connectivity index (χ0n) is 11.7. The number of rotatable bonds is 4. The number of halogens is 1. The van der Waals surface area contributed by atoms with Crippen LogP contribution in [0.3, 0.4) is 0 Å². The predicted octanol–water partition coefficient (Wildman–Crippen LogP) is 4.78. The van der Waals surface area contributed by atoms with E-state index in [2.05, 4.69) is 66.9 Å². The molecule has 0 spiro atoms. The molecule has 0 amide bonds. The second-order valence-corrected chi connectivity index (χ2v) is 6.72. The Hall–Kier alpha value is -1.66. The van der Waals surface area contributed by atoms with Crippen LogP contribution in [0.2, 0.25) is 0 Å². The number of H-pyrrole nitrogens is 1. The Balaban J connectivity index is 1.80. The first-order valence-corrected chi connectivity index (χ1v) is 8.29. The van der Waals surface area contributed by atoms with Gasteiger partial charge in [-0.2, -0.15) is 5.10 Å². The van der Waals surface area contributed by atoms with E-state index in [9.17, 15) is 0 Å². The van der Waals surface area contributed by atoms with Crippen molar-refractivity contribution in [2.75, 3.05) is 5.32 Å². The summed E-state index contributed by atoms with van der Waals surface area (Å²) in [6.45, 7) is 4.05. The van der Waals surface area contributed by atoms with Gasteiger partial charge in [-0.3, -0.25) is 5.10 Å². The Bertz CT molecular complexity index is 749. The summed E-state index contributed by atoms with van der Waals surface area (Å²) >= 11 is 5.23. The summed E-state index contributed by atoms with van der Waals surface area (Å²) in [5.74, 6) is 1.54. The number of thiophene rings is 1. The van der Waals surface area contributed by atoms with Gasteiger partial charge in [0.1, 0.15) is 5.82 Å². The van der Waals surface area contributed by atoms with E-state index >= 15 is 0 Å². The van der Waals surface area contributed by atoms with Gasteiger partial charge in [-0.1, -0.05) is 12.1 Å². The maximum atomic E-state index is 4.36. The van der Waals surface area contributed by atoms with E-state index in [4.69, 9.17) is 0 Å². The molecule has 0 saturated carbocycles. The van der Waals surface area contributed by atoms with Crippen molar-refractivity contribution in [3.05, 3.63) is 50.9 Å². The molecule has 4 nitrogen and oxygen atoms in total. The van der Waals surface area contributed by atoms with Gasteiger partial charge in [0.15, 0.2) is 5.82 Å². The zero-order chi connectivity index (χ0) is 14.8. The first-order chi connectivity index (χ1) is 10.1. The van der Waals surface area contributed by atoms with Crippen molar-refractivity contribution in [1.82, 2.24) is 15.2 Å². The lowest BCUT2D eigenvalue weighted by atomic mass is 10.1. The van der Waals surface area contributed by atoms with Crippen LogP contribution in [0.1, 0.15) is 23.7 Å². The average Bonchev–Trinajstić information content (AvgIpc) is 3.08. The Morgan fingerprint density at radius 3 is 2.86 bits per heavy atom. The molecule has 0 aliphatic carbocycles. The van der Waals surface area contributed by atoms with Gasteiger partial charge < -0.3 is 5.32 Å². The van der Waals surface area contributed by atoms with Crippen LogP contribution in [-0.4, -0.2) is 15.2 Å². The number of nitrogens with zero attached hydrogens (tertiary/aromatic N) is 2. The van der Waals surface area contributed by atoms with Crippen LogP contribution >= 0.6 is 27.3 Å². The minimum atomic E-state index is 0.255. The third kappa shape index (κ3) is 3.33. The summed E-state index contributed by atoms with van der Waals surface area (Å²) < 4.78 is 1.13. The monoisotopic (exact) mass is 362 g/mol. The minimum Gasteiger partial charge on any atom is -0.378 e. The Morgan fingerprint density at radius 2 is 2.19 bits per heavy atom. The summed E-state index contributed by atoms with van der Waals surface area (Å²) in [5, 5.41) is 12.7. The van der Waals surface area contributed by atoms with Crippen molar-refractivity contribution in [1.29, 1.82) is 0 Å². The van der Waals surface area contributed by atoms with Crippen molar-refractivity contribution in [2.45, 2.75) is 19.9 Å². The van der Waals surface area contributed by atoms with Crippen molar-refractivity contribution < 1.29 is 0 Å². The van der Waals surface area contributed by atoms with E-state index < -0.39 is 0 Å². The highest BCUT2D eigenvalue weighted by Crippen LogP contribution is 2.29. The average molecular weight is 363 g/mol. The maximum Gasteiger partial charge on any atom is 0.181 e. The van der Waals surface area contributed by atoms with Crippen molar-refractivity contribution in [3.8, 4) is 11.4 Å². The molecule has 1 unspecified atom stereocenters. The molecular formula is C15H15BrN4S. The molecule has 3 rings (SSSR count). The van der Waals surface area contributed by atoms with E-state index in [1.807, 2.05) is 19.1 Å². The molecular weight excluding hydrogens is 348 g/mol. The van der Waals surface area contributed by atoms with Crippen LogP contribution in [0.5, 0.6) is 0 Å². The van der Waals surface area contributed by atoms with E-state index in [1.54, 1.807) is 11.3 Å². The van der Waals surface area contributed by atoms with Gasteiger partial charge >= 0.3 is 0 Å². The molecule has 2 heterocycles. The summed E-state index contributed by atoms with van der Waals surface area (Å²) in [4.78, 5) is 5.66. The molecule has 108 valence electrons. The first-order valence-electron chi connectivity index (χ1n) is 6.62. The van der Waals surface area contributed by atoms with E-state index in [1.165, 1.54) is 4.88 Å². The second kappa shape index (κ2) is 5.99. The fourth-order valence-corrected chi connectivity index (χ4v) is 3.55. The Kier molecular flexibility index (Phi) is 4.07. The molecule has 0 fully saturated rings. The standard InChI is InChI=1S/C15H15BrN4S/c1-9(14-7-12(16)8-21-14)17-13-5-3-4-11(6-13)15-18-10(2)19-20-15/h3-9,17H,1-2H3,(H,18,19,20). The molecule has 1 aromatic carbocycles. The lowest BCUT2D eigenvalue weighted by molar-refractivity contribution is 0.907. The van der Waals surface area contributed by atoms with Gasteiger partial charge in [-0.15, -0.1) is 11.3 Å². The van der Waals surface area contributed by atoms with Gasteiger partial charge in [-0.25, -0.2) is 4.98 Å². The molecule has 2 N–H and O–H groups in total. The predicted molar refractivity (Wildman–Crippen MR) is 90.6 cm³/mol. The summed E-state index contributed by atoms with van der Waals surface area (Å²) in [5.41, 5.74) is 2.07. The van der Waals surface area contributed by atoms with Gasteiger partial charge in [0.25, 0.3) is 0 Å².